The Labute approximate surface area is 165 Å². The van der Waals surface area contributed by atoms with Crippen LogP contribution >= 0.6 is 0 Å². The van der Waals surface area contributed by atoms with E-state index in [1.165, 1.54) is 0 Å². The van der Waals surface area contributed by atoms with E-state index in [2.05, 4.69) is 46.0 Å². The Morgan fingerprint density at radius 3 is 1.89 bits per heavy atom. The average molecular weight is 385 g/mol. The minimum absolute atomic E-state index is 0.116. The molecule has 4 heteroatoms. The van der Waals surface area contributed by atoms with Crippen LogP contribution in [-0.4, -0.2) is 14.9 Å². The molecule has 0 N–H and O–H groups in total. The molecule has 0 atom stereocenters. The summed E-state index contributed by atoms with van der Waals surface area (Å²) < 4.78 is 18.1. The highest BCUT2D eigenvalue weighted by Gasteiger charge is 2.39. The predicted molar refractivity (Wildman–Crippen MR) is 114 cm³/mol. The highest BCUT2D eigenvalue weighted by molar-refractivity contribution is 6.74. The quantitative estimate of drug-likeness (QED) is 0.376. The van der Waals surface area contributed by atoms with Gasteiger partial charge in [0.1, 0.15) is 25.2 Å². The van der Waals surface area contributed by atoms with Gasteiger partial charge in [0.15, 0.2) is 0 Å². The lowest BCUT2D eigenvalue weighted by Crippen LogP contribution is -2.41. The zero-order valence-corrected chi connectivity index (χ0v) is 18.2. The lowest BCUT2D eigenvalue weighted by molar-refractivity contribution is 0.108. The van der Waals surface area contributed by atoms with Crippen molar-refractivity contribution in [1.82, 2.24) is 0 Å². The lowest BCUT2D eigenvalue weighted by Gasteiger charge is -2.37. The molecule has 27 heavy (non-hydrogen) atoms. The number of rotatable bonds is 9. The fourth-order valence-corrected chi connectivity index (χ4v) is 3.29. The molecule has 0 radical (unpaired) electrons. The molecule has 0 aromatic heterocycles. The second kappa shape index (κ2) is 9.77. The van der Waals surface area contributed by atoms with Crippen molar-refractivity contribution < 1.29 is 13.9 Å². The predicted octanol–water partition coefficient (Wildman–Crippen LogP) is 6.28. The first-order valence-electron chi connectivity index (χ1n) is 9.43. The molecule has 0 spiro atoms. The van der Waals surface area contributed by atoms with Gasteiger partial charge in [-0.2, -0.15) is 0 Å². The van der Waals surface area contributed by atoms with Crippen molar-refractivity contribution in [1.29, 1.82) is 0 Å². The van der Waals surface area contributed by atoms with Crippen molar-refractivity contribution in [2.45, 2.75) is 52.1 Å². The topological polar surface area (TPSA) is 27.7 Å². The molecule has 0 fully saturated rings. The molecular weight excluding hydrogens is 352 g/mol. The summed E-state index contributed by atoms with van der Waals surface area (Å²) in [6.07, 6.45) is 1.72. The normalized spacial score (nSPS) is 12.7. The summed E-state index contributed by atoms with van der Waals surface area (Å²) in [6.45, 7) is 12.6. The maximum absolute atomic E-state index is 6.43. The minimum Gasteiger partial charge on any atom is -0.543 e. The van der Waals surface area contributed by atoms with Gasteiger partial charge in [0.05, 0.1) is 6.61 Å². The molecule has 0 aliphatic carbocycles. The highest BCUT2D eigenvalue weighted by atomic mass is 28.4. The van der Waals surface area contributed by atoms with E-state index in [1.54, 1.807) is 6.26 Å². The van der Waals surface area contributed by atoms with E-state index in [1.807, 2.05) is 48.5 Å². The molecule has 2 rings (SSSR count). The molecule has 0 saturated heterocycles. The van der Waals surface area contributed by atoms with Crippen LogP contribution in [0.3, 0.4) is 0 Å². The highest BCUT2D eigenvalue weighted by Crippen LogP contribution is 2.38. The summed E-state index contributed by atoms with van der Waals surface area (Å²) in [4.78, 5) is 0. The summed E-state index contributed by atoms with van der Waals surface area (Å²) in [5, 5.41) is 0.116. The average Bonchev–Trinajstić information content (AvgIpc) is 2.62. The fraction of sp³-hybridized carbons (Fsp3) is 0.391. The van der Waals surface area contributed by atoms with Crippen LogP contribution in [0, 0.1) is 0 Å². The molecule has 0 amide bonds. The monoisotopic (exact) mass is 384 g/mol. The van der Waals surface area contributed by atoms with Crippen LogP contribution < -0.4 is 0 Å². The molecular formula is C23H32O3Si. The van der Waals surface area contributed by atoms with Crippen molar-refractivity contribution >= 4 is 8.32 Å². The van der Waals surface area contributed by atoms with Crippen molar-refractivity contribution in [3.63, 3.8) is 0 Å². The zero-order chi connectivity index (χ0) is 19.8. The van der Waals surface area contributed by atoms with E-state index in [-0.39, 0.29) is 5.04 Å². The molecule has 0 aliphatic rings. The number of benzene rings is 2. The second-order valence-electron chi connectivity index (χ2n) is 8.22. The molecule has 2 aromatic rings. The molecule has 0 unspecified atom stereocenters. The standard InChI is InChI=1S/C23H32O3Si/c1-23(2,3)27(4,5)26-22(18-24-16-20-12-8-6-9-13-20)19-25-17-21-14-10-7-11-15-21/h6-15,18H,16-17,19H2,1-5H3/b22-18-. The van der Waals surface area contributed by atoms with Crippen LogP contribution in [0.5, 0.6) is 0 Å². The van der Waals surface area contributed by atoms with Gasteiger partial charge >= 0.3 is 0 Å². The van der Waals surface area contributed by atoms with E-state index >= 15 is 0 Å². The molecule has 0 heterocycles. The Morgan fingerprint density at radius 2 is 1.37 bits per heavy atom. The van der Waals surface area contributed by atoms with Crippen molar-refractivity contribution in [3.8, 4) is 0 Å². The lowest BCUT2D eigenvalue weighted by atomic mass is 10.2. The molecule has 146 valence electrons. The van der Waals surface area contributed by atoms with Gasteiger partial charge in [0.2, 0.25) is 8.32 Å². The molecule has 0 saturated carbocycles. The molecule has 3 nitrogen and oxygen atoms in total. The molecule has 0 aliphatic heterocycles. The SMILES string of the molecule is CC(C)(C)[Si](C)(C)O/C(=C\OCc1ccccc1)COCc1ccccc1. The number of hydrogen-bond acceptors (Lipinski definition) is 3. The van der Waals surface area contributed by atoms with Crippen LogP contribution in [-0.2, 0) is 27.1 Å². The van der Waals surface area contributed by atoms with Crippen LogP contribution in [0.4, 0.5) is 0 Å². The number of hydrogen-bond donors (Lipinski definition) is 0. The van der Waals surface area contributed by atoms with Crippen LogP contribution in [0.1, 0.15) is 31.9 Å². The van der Waals surface area contributed by atoms with Gasteiger partial charge in [-0.1, -0.05) is 81.4 Å². The molecule has 0 bridgehead atoms. The van der Waals surface area contributed by atoms with Crippen molar-refractivity contribution in [2.75, 3.05) is 6.61 Å². The Balaban J connectivity index is 1.99. The minimum atomic E-state index is -1.95. The Hall–Kier alpha value is -2.04. The third kappa shape index (κ3) is 7.23. The van der Waals surface area contributed by atoms with Gasteiger partial charge in [-0.15, -0.1) is 0 Å². The van der Waals surface area contributed by atoms with E-state index in [9.17, 15) is 0 Å². The summed E-state index contributed by atoms with van der Waals surface area (Å²) in [5.41, 5.74) is 2.28. The van der Waals surface area contributed by atoms with E-state index < -0.39 is 8.32 Å². The Kier molecular flexibility index (Phi) is 7.69. The second-order valence-corrected chi connectivity index (χ2v) is 12.9. The first-order chi connectivity index (χ1) is 12.8. The third-order valence-corrected chi connectivity index (χ3v) is 9.24. The fourth-order valence-electron chi connectivity index (χ4n) is 2.22. The Morgan fingerprint density at radius 1 is 0.852 bits per heavy atom. The van der Waals surface area contributed by atoms with Gasteiger partial charge < -0.3 is 13.9 Å². The maximum atomic E-state index is 6.43. The van der Waals surface area contributed by atoms with Gasteiger partial charge in [0, 0.05) is 0 Å². The van der Waals surface area contributed by atoms with E-state index in [4.69, 9.17) is 13.9 Å². The number of ether oxygens (including phenoxy) is 2. The largest absolute Gasteiger partial charge is 0.543 e. The maximum Gasteiger partial charge on any atom is 0.250 e. The summed E-state index contributed by atoms with van der Waals surface area (Å²) in [6, 6.07) is 20.3. The van der Waals surface area contributed by atoms with Crippen molar-refractivity contribution in [3.05, 3.63) is 83.8 Å². The Bertz CT molecular complexity index is 703. The smallest absolute Gasteiger partial charge is 0.250 e. The van der Waals surface area contributed by atoms with Crippen LogP contribution in [0.2, 0.25) is 18.1 Å². The summed E-state index contributed by atoms with van der Waals surface area (Å²) in [7, 11) is -1.95. The van der Waals surface area contributed by atoms with Gasteiger partial charge in [-0.05, 0) is 29.3 Å². The summed E-state index contributed by atoms with van der Waals surface area (Å²) in [5.74, 6) is 0.758. The van der Waals surface area contributed by atoms with E-state index in [0.717, 1.165) is 16.9 Å². The molecule has 2 aromatic carbocycles. The van der Waals surface area contributed by atoms with Crippen LogP contribution in [0.25, 0.3) is 0 Å². The first-order valence-corrected chi connectivity index (χ1v) is 12.3. The van der Waals surface area contributed by atoms with Gasteiger partial charge in [-0.3, -0.25) is 0 Å². The van der Waals surface area contributed by atoms with Crippen LogP contribution in [0.15, 0.2) is 72.7 Å². The first kappa shape index (κ1) is 21.3. The third-order valence-electron chi connectivity index (χ3n) is 4.86. The van der Waals surface area contributed by atoms with E-state index in [0.29, 0.717) is 19.8 Å². The van der Waals surface area contributed by atoms with Crippen molar-refractivity contribution in [2.24, 2.45) is 0 Å². The zero-order valence-electron chi connectivity index (χ0n) is 17.2. The van der Waals surface area contributed by atoms with Gasteiger partial charge in [0.25, 0.3) is 0 Å². The summed E-state index contributed by atoms with van der Waals surface area (Å²) >= 11 is 0. The van der Waals surface area contributed by atoms with Gasteiger partial charge in [-0.25, -0.2) is 0 Å².